The van der Waals surface area contributed by atoms with Crippen molar-refractivity contribution in [2.45, 2.75) is 22.2 Å². The summed E-state index contributed by atoms with van der Waals surface area (Å²) in [5, 5.41) is 3.48. The van der Waals surface area contributed by atoms with Crippen LogP contribution in [0, 0.1) is 5.82 Å². The molecule has 188 valence electrons. The van der Waals surface area contributed by atoms with Crippen LogP contribution in [0.15, 0.2) is 75.5 Å². The molecule has 0 unspecified atom stereocenters. The van der Waals surface area contributed by atoms with E-state index in [4.69, 9.17) is 0 Å². The summed E-state index contributed by atoms with van der Waals surface area (Å²) in [5.41, 5.74) is -5.95. The first-order valence-corrected chi connectivity index (χ1v) is 13.2. The summed E-state index contributed by atoms with van der Waals surface area (Å²) in [6.45, 7) is 1.36. The van der Waals surface area contributed by atoms with Crippen LogP contribution < -0.4 is 5.56 Å². The van der Waals surface area contributed by atoms with Crippen molar-refractivity contribution in [2.24, 2.45) is 0 Å². The normalized spacial score (nSPS) is 12.7. The van der Waals surface area contributed by atoms with E-state index >= 15 is 0 Å². The van der Waals surface area contributed by atoms with E-state index in [9.17, 15) is 39.2 Å². The van der Waals surface area contributed by atoms with Crippen molar-refractivity contribution >= 4 is 30.4 Å². The fourth-order valence-electron chi connectivity index (χ4n) is 3.35. The van der Waals surface area contributed by atoms with Crippen molar-refractivity contribution in [1.29, 1.82) is 0 Å². The van der Waals surface area contributed by atoms with Crippen LogP contribution in [-0.4, -0.2) is 42.9 Å². The third-order valence-corrected chi connectivity index (χ3v) is 8.52. The monoisotopic (exact) mass is 541 g/mol. The van der Waals surface area contributed by atoms with Gasteiger partial charge in [0.15, 0.2) is 15.7 Å². The Bertz CT molecular complexity index is 1770. The highest BCUT2D eigenvalue weighted by Crippen LogP contribution is 2.31. The van der Waals surface area contributed by atoms with Crippen LogP contribution in [0.4, 0.5) is 17.6 Å². The van der Waals surface area contributed by atoms with Crippen molar-refractivity contribution in [1.82, 2.24) is 14.8 Å². The molecule has 0 radical (unpaired) electrons. The number of hydrogen-bond donors (Lipinski definition) is 0. The fraction of sp³-hybridized carbons (Fsp3) is 0.136. The Hall–Kier alpha value is -3.65. The number of halogens is 4. The molecule has 2 heterocycles. The predicted octanol–water partition coefficient (Wildman–Crippen LogP) is 3.67. The van der Waals surface area contributed by atoms with Crippen molar-refractivity contribution in [3.63, 3.8) is 0 Å². The zero-order chi connectivity index (χ0) is 26.5. The molecule has 0 saturated carbocycles. The Morgan fingerprint density at radius 1 is 0.917 bits per heavy atom. The number of benzene rings is 2. The highest BCUT2D eigenvalue weighted by atomic mass is 32.2. The topological polar surface area (TPSA) is 116 Å². The first-order valence-electron chi connectivity index (χ1n) is 10.1. The number of aromatic nitrogens is 3. The molecule has 36 heavy (non-hydrogen) atoms. The molecule has 0 bridgehead atoms. The molecule has 0 N–H and O–H groups in total. The van der Waals surface area contributed by atoms with Crippen LogP contribution in [0.3, 0.4) is 0 Å². The maximum Gasteiger partial charge on any atom is 0.501 e. The van der Waals surface area contributed by atoms with Gasteiger partial charge in [-0.05, 0) is 35.9 Å². The molecule has 4 rings (SSSR count). The summed E-state index contributed by atoms with van der Waals surface area (Å²) in [4.78, 5) is 15.7. The first-order chi connectivity index (χ1) is 16.8. The summed E-state index contributed by atoms with van der Waals surface area (Å²) in [7, 11) is -9.76. The van der Waals surface area contributed by atoms with Crippen molar-refractivity contribution in [3.05, 3.63) is 77.1 Å². The Morgan fingerprint density at radius 3 is 2.19 bits per heavy atom. The van der Waals surface area contributed by atoms with E-state index in [1.54, 1.807) is 0 Å². The van der Waals surface area contributed by atoms with Gasteiger partial charge in [-0.2, -0.15) is 23.0 Å². The molecular weight excluding hydrogens is 526 g/mol. The molecule has 0 amide bonds. The molecule has 8 nitrogen and oxygen atoms in total. The van der Waals surface area contributed by atoms with Crippen LogP contribution >= 0.6 is 0 Å². The van der Waals surface area contributed by atoms with Crippen molar-refractivity contribution in [3.8, 4) is 16.9 Å². The van der Waals surface area contributed by atoms with Gasteiger partial charge in [0.2, 0.25) is 0 Å². The van der Waals surface area contributed by atoms with Crippen LogP contribution in [0.25, 0.3) is 27.7 Å². The first kappa shape index (κ1) is 25.4. The summed E-state index contributed by atoms with van der Waals surface area (Å²) in [6.07, 6.45) is 2.29. The number of alkyl halides is 3. The van der Waals surface area contributed by atoms with Gasteiger partial charge in [-0.1, -0.05) is 25.1 Å². The number of fused-ring (bicyclic) bond motifs is 1. The lowest BCUT2D eigenvalue weighted by atomic mass is 10.1. The van der Waals surface area contributed by atoms with Gasteiger partial charge in [0.25, 0.3) is 15.4 Å². The quantitative estimate of drug-likeness (QED) is 0.354. The van der Waals surface area contributed by atoms with Gasteiger partial charge in [-0.15, -0.1) is 0 Å². The van der Waals surface area contributed by atoms with E-state index in [0.29, 0.717) is 22.4 Å². The average molecular weight is 542 g/mol. The smallest absolute Gasteiger partial charge is 0.267 e. The highest BCUT2D eigenvalue weighted by Gasteiger charge is 2.47. The Kier molecular flexibility index (Phi) is 6.21. The molecule has 4 aromatic rings. The molecule has 0 spiro atoms. The number of nitrogens with zero attached hydrogens (tertiary/aromatic N) is 3. The second-order valence-corrected chi connectivity index (χ2v) is 11.7. The highest BCUT2D eigenvalue weighted by molar-refractivity contribution is 7.92. The summed E-state index contributed by atoms with van der Waals surface area (Å²) < 4.78 is 102. The SMILES string of the molecule is CCS(=O)(=O)c1cc(-c2ccc(F)cc2)cnc1-n1ncc2ccc(S(=O)(=O)C(F)(F)F)cc2c1=O. The lowest BCUT2D eigenvalue weighted by molar-refractivity contribution is -0.0435. The minimum Gasteiger partial charge on any atom is -0.267 e. The molecule has 0 aliphatic carbocycles. The zero-order valence-electron chi connectivity index (χ0n) is 18.2. The van der Waals surface area contributed by atoms with Gasteiger partial charge in [0.05, 0.1) is 22.2 Å². The lowest BCUT2D eigenvalue weighted by Gasteiger charge is -2.13. The Balaban J connectivity index is 1.97. The fourth-order valence-corrected chi connectivity index (χ4v) is 5.17. The molecule has 2 aromatic carbocycles. The van der Waals surface area contributed by atoms with Crippen LogP contribution in [0.5, 0.6) is 0 Å². The Labute approximate surface area is 201 Å². The van der Waals surface area contributed by atoms with Gasteiger partial charge >= 0.3 is 5.51 Å². The lowest BCUT2D eigenvalue weighted by Crippen LogP contribution is -2.26. The van der Waals surface area contributed by atoms with E-state index in [1.807, 2.05) is 0 Å². The van der Waals surface area contributed by atoms with Crippen molar-refractivity contribution in [2.75, 3.05) is 5.75 Å². The van der Waals surface area contributed by atoms with Gasteiger partial charge in [-0.3, -0.25) is 4.79 Å². The predicted molar refractivity (Wildman–Crippen MR) is 121 cm³/mol. The Morgan fingerprint density at radius 2 is 1.58 bits per heavy atom. The average Bonchev–Trinajstić information content (AvgIpc) is 2.83. The largest absolute Gasteiger partial charge is 0.501 e. The standard InChI is InChI=1S/C22H15F4N3O5S2/c1-2-35(31,32)19-9-15(13-3-6-16(23)7-4-13)11-27-20(19)29-21(30)18-10-17(8-5-14(18)12-28-29)36(33,34)22(24,25)26/h3-12H,2H2,1H3. The molecule has 0 aliphatic heterocycles. The maximum absolute atomic E-state index is 13.3. The number of pyridine rings is 1. The van der Waals surface area contributed by atoms with Gasteiger partial charge in [0.1, 0.15) is 10.7 Å². The van der Waals surface area contributed by atoms with Gasteiger partial charge in [0, 0.05) is 17.1 Å². The molecule has 14 heteroatoms. The number of rotatable bonds is 5. The van der Waals surface area contributed by atoms with E-state index in [2.05, 4.69) is 10.1 Å². The molecule has 0 aliphatic rings. The number of hydrogen-bond acceptors (Lipinski definition) is 7. The van der Waals surface area contributed by atoms with Gasteiger partial charge < -0.3 is 0 Å². The third-order valence-electron chi connectivity index (χ3n) is 5.30. The summed E-state index contributed by atoms with van der Waals surface area (Å²) >= 11 is 0. The summed E-state index contributed by atoms with van der Waals surface area (Å²) in [6, 6.07) is 8.59. The minimum absolute atomic E-state index is 0.0280. The van der Waals surface area contributed by atoms with E-state index in [-0.39, 0.29) is 16.7 Å². The zero-order valence-corrected chi connectivity index (χ0v) is 19.8. The van der Waals surface area contributed by atoms with E-state index < -0.39 is 57.6 Å². The van der Waals surface area contributed by atoms with Crippen LogP contribution in [0.2, 0.25) is 0 Å². The third kappa shape index (κ3) is 4.37. The van der Waals surface area contributed by atoms with Crippen molar-refractivity contribution < 1.29 is 34.4 Å². The summed E-state index contributed by atoms with van der Waals surface area (Å²) in [5.74, 6) is -1.33. The molecule has 0 atom stereocenters. The van der Waals surface area contributed by atoms with Crippen LogP contribution in [0.1, 0.15) is 6.92 Å². The van der Waals surface area contributed by atoms with E-state index in [0.717, 1.165) is 12.3 Å². The second kappa shape index (κ2) is 8.78. The second-order valence-electron chi connectivity index (χ2n) is 7.52. The minimum atomic E-state index is -5.74. The number of sulfone groups is 2. The van der Waals surface area contributed by atoms with Crippen LogP contribution in [-0.2, 0) is 19.7 Å². The molecule has 2 aromatic heterocycles. The molecular formula is C22H15F4N3O5S2. The van der Waals surface area contributed by atoms with Gasteiger partial charge in [-0.25, -0.2) is 26.2 Å². The molecule has 0 saturated heterocycles. The van der Waals surface area contributed by atoms with E-state index in [1.165, 1.54) is 43.5 Å². The molecule has 0 fully saturated rings. The maximum atomic E-state index is 13.3.